The molecule has 2 aromatic carbocycles. The van der Waals surface area contributed by atoms with Crippen molar-refractivity contribution >= 4 is 51.7 Å². The fourth-order valence-corrected chi connectivity index (χ4v) is 7.78. The van der Waals surface area contributed by atoms with E-state index in [0.717, 1.165) is 31.4 Å². The number of aromatic nitrogens is 2. The second-order valence-electron chi connectivity index (χ2n) is 11.8. The molecule has 1 unspecified atom stereocenters. The Morgan fingerprint density at radius 2 is 1.80 bits per heavy atom. The largest absolute Gasteiger partial charge is 0.416 e. The number of amides is 1. The Bertz CT molecular complexity index is 1950. The van der Waals surface area contributed by atoms with E-state index in [1.807, 2.05) is 5.01 Å². The SMILES string of the molecule is O=C(NN1CCCCC1)c1nn(-c2ccc(Cl)cc2Cl)c(-c2ccc(C#Cc3ccc(C(F)(F)F)cc3)s2)c1CN(N1CC[C@H](O)C1)S(=O)O. The molecule has 0 radical (unpaired) electrons. The maximum Gasteiger partial charge on any atom is 0.416 e. The van der Waals surface area contributed by atoms with E-state index in [0.29, 0.717) is 63.3 Å². The highest BCUT2D eigenvalue weighted by atomic mass is 35.5. The van der Waals surface area contributed by atoms with Crippen molar-refractivity contribution in [2.75, 3.05) is 26.2 Å². The molecule has 10 nitrogen and oxygen atoms in total. The van der Waals surface area contributed by atoms with E-state index >= 15 is 0 Å². The summed E-state index contributed by atoms with van der Waals surface area (Å²) >= 11 is 11.6. The van der Waals surface area contributed by atoms with E-state index < -0.39 is 35.0 Å². The Hall–Kier alpha value is -3.30. The maximum absolute atomic E-state index is 14.0. The number of hydrazine groups is 2. The molecule has 2 aliphatic rings. The first-order chi connectivity index (χ1) is 23.9. The number of rotatable bonds is 8. The summed E-state index contributed by atoms with van der Waals surface area (Å²) in [6.07, 6.45) is -1.89. The fraction of sp³-hybridized carbons (Fsp3) is 0.333. The Morgan fingerprint density at radius 1 is 1.06 bits per heavy atom. The second-order valence-corrected chi connectivity index (χ2v) is 14.6. The third kappa shape index (κ3) is 8.42. The summed E-state index contributed by atoms with van der Waals surface area (Å²) in [5.74, 6) is 5.37. The fourth-order valence-electron chi connectivity index (χ4n) is 5.79. The van der Waals surface area contributed by atoms with Gasteiger partial charge in [-0.3, -0.25) is 14.8 Å². The number of aliphatic hydroxyl groups is 1. The van der Waals surface area contributed by atoms with Gasteiger partial charge in [-0.25, -0.2) is 18.9 Å². The topological polar surface area (TPSA) is 114 Å². The number of thiophene rings is 1. The number of halogens is 5. The normalized spacial score (nSPS) is 17.9. The van der Waals surface area contributed by atoms with Crippen molar-refractivity contribution in [1.82, 2.24) is 29.6 Å². The van der Waals surface area contributed by atoms with Crippen LogP contribution in [0, 0.1) is 11.8 Å². The lowest BCUT2D eigenvalue weighted by atomic mass is 10.1. The molecule has 4 heterocycles. The van der Waals surface area contributed by atoms with Gasteiger partial charge in [0, 0.05) is 42.3 Å². The first-order valence-electron chi connectivity index (χ1n) is 15.6. The van der Waals surface area contributed by atoms with E-state index in [9.17, 15) is 31.8 Å². The van der Waals surface area contributed by atoms with Crippen LogP contribution in [-0.2, 0) is 24.0 Å². The van der Waals surface area contributed by atoms with Gasteiger partial charge in [0.2, 0.25) is 11.3 Å². The minimum Gasteiger partial charge on any atom is -0.392 e. The summed E-state index contributed by atoms with van der Waals surface area (Å²) in [7, 11) is 0. The van der Waals surface area contributed by atoms with Crippen molar-refractivity contribution in [2.45, 2.75) is 44.5 Å². The lowest BCUT2D eigenvalue weighted by Crippen LogP contribution is -2.46. The molecule has 2 atom stereocenters. The first-order valence-corrected chi connectivity index (χ1v) is 18.2. The average Bonchev–Trinajstić information content (AvgIpc) is 3.81. The van der Waals surface area contributed by atoms with Gasteiger partial charge in [-0.1, -0.05) is 41.5 Å². The number of β-amino-alcohol motifs (C(OH)–C–C–N with tert-alkyl or cyclic N) is 1. The van der Waals surface area contributed by atoms with Gasteiger partial charge in [-0.05, 0) is 73.9 Å². The zero-order valence-corrected chi connectivity index (χ0v) is 29.4. The van der Waals surface area contributed by atoms with Crippen LogP contribution in [0.15, 0.2) is 54.6 Å². The molecule has 2 aliphatic heterocycles. The molecule has 1 amide bonds. The highest BCUT2D eigenvalue weighted by molar-refractivity contribution is 7.76. The van der Waals surface area contributed by atoms with Gasteiger partial charge < -0.3 is 5.11 Å². The van der Waals surface area contributed by atoms with Crippen molar-refractivity contribution in [3.8, 4) is 28.1 Å². The van der Waals surface area contributed by atoms with E-state index in [4.69, 9.17) is 28.3 Å². The summed E-state index contributed by atoms with van der Waals surface area (Å²) in [6.45, 7) is 1.52. The lowest BCUT2D eigenvalue weighted by molar-refractivity contribution is -0.137. The number of aliphatic hydroxyl groups excluding tert-OH is 1. The number of alkyl halides is 3. The average molecular weight is 768 g/mol. The smallest absolute Gasteiger partial charge is 0.392 e. The van der Waals surface area contributed by atoms with Crippen LogP contribution in [0.4, 0.5) is 13.2 Å². The molecule has 2 aromatic heterocycles. The van der Waals surface area contributed by atoms with Crippen molar-refractivity contribution in [3.63, 3.8) is 0 Å². The van der Waals surface area contributed by atoms with Gasteiger partial charge in [0.05, 0.1) is 44.4 Å². The molecule has 3 N–H and O–H groups in total. The molecule has 0 spiro atoms. The van der Waals surface area contributed by atoms with Crippen molar-refractivity contribution in [3.05, 3.63) is 91.9 Å². The van der Waals surface area contributed by atoms with Crippen molar-refractivity contribution in [1.29, 1.82) is 0 Å². The molecule has 0 aliphatic carbocycles. The molecular weight excluding hydrogens is 736 g/mol. The highest BCUT2D eigenvalue weighted by Gasteiger charge is 2.34. The molecule has 50 heavy (non-hydrogen) atoms. The van der Waals surface area contributed by atoms with E-state index in [1.165, 1.54) is 38.6 Å². The van der Waals surface area contributed by atoms with Gasteiger partial charge in [-0.2, -0.15) is 18.3 Å². The lowest BCUT2D eigenvalue weighted by Gasteiger charge is -2.28. The summed E-state index contributed by atoms with van der Waals surface area (Å²) < 4.78 is 65.0. The summed E-state index contributed by atoms with van der Waals surface area (Å²) in [6, 6.07) is 12.8. The molecule has 0 saturated carbocycles. The number of hydrogen-bond donors (Lipinski definition) is 3. The zero-order chi connectivity index (χ0) is 35.6. The summed E-state index contributed by atoms with van der Waals surface area (Å²) in [5, 5.41) is 19.0. The molecule has 4 aromatic rings. The Morgan fingerprint density at radius 3 is 2.44 bits per heavy atom. The van der Waals surface area contributed by atoms with E-state index in [-0.39, 0.29) is 23.8 Å². The van der Waals surface area contributed by atoms with E-state index in [2.05, 4.69) is 17.3 Å². The van der Waals surface area contributed by atoms with Gasteiger partial charge in [0.25, 0.3) is 5.91 Å². The zero-order valence-electron chi connectivity index (χ0n) is 26.3. The monoisotopic (exact) mass is 766 g/mol. The van der Waals surface area contributed by atoms with Crippen LogP contribution in [-0.4, -0.2) is 76.3 Å². The number of nitrogens with one attached hydrogen (secondary N) is 1. The highest BCUT2D eigenvalue weighted by Crippen LogP contribution is 2.38. The molecule has 0 bridgehead atoms. The number of benzene rings is 2. The Kier molecular flexibility index (Phi) is 11.3. The van der Waals surface area contributed by atoms with Crippen LogP contribution in [0.1, 0.15) is 57.7 Å². The maximum atomic E-state index is 14.0. The quantitative estimate of drug-likeness (QED) is 0.141. The summed E-state index contributed by atoms with van der Waals surface area (Å²) in [4.78, 5) is 15.1. The van der Waals surface area contributed by atoms with Gasteiger partial charge in [0.1, 0.15) is 0 Å². The van der Waals surface area contributed by atoms with Crippen LogP contribution >= 0.6 is 34.5 Å². The minimum absolute atomic E-state index is 0.00225. The molecule has 264 valence electrons. The predicted molar refractivity (Wildman–Crippen MR) is 186 cm³/mol. The third-order valence-corrected chi connectivity index (χ3v) is 10.5. The molecule has 2 fully saturated rings. The van der Waals surface area contributed by atoms with Crippen molar-refractivity contribution < 1.29 is 31.8 Å². The number of carbonyl (C=O) groups excluding carboxylic acids is 1. The van der Waals surface area contributed by atoms with Crippen LogP contribution in [0.5, 0.6) is 0 Å². The van der Waals surface area contributed by atoms with Crippen LogP contribution < -0.4 is 5.43 Å². The predicted octanol–water partition coefficient (Wildman–Crippen LogP) is 6.38. The Balaban J connectivity index is 1.46. The Labute approximate surface area is 302 Å². The van der Waals surface area contributed by atoms with Crippen LogP contribution in [0.2, 0.25) is 10.0 Å². The first kappa shape index (κ1) is 36.5. The van der Waals surface area contributed by atoms with Crippen molar-refractivity contribution in [2.24, 2.45) is 0 Å². The number of nitrogens with zero attached hydrogens (tertiary/aromatic N) is 5. The molecule has 2 saturated heterocycles. The third-order valence-electron chi connectivity index (χ3n) is 8.26. The second kappa shape index (κ2) is 15.5. The molecular formula is C33H31Cl2F3N6O4S2. The number of carbonyl (C=O) groups is 1. The minimum atomic E-state index is -4.46. The number of piperidine rings is 1. The van der Waals surface area contributed by atoms with Gasteiger partial charge >= 0.3 is 6.18 Å². The van der Waals surface area contributed by atoms with Crippen LogP contribution in [0.25, 0.3) is 16.3 Å². The van der Waals surface area contributed by atoms with E-state index in [1.54, 1.807) is 29.3 Å². The molecule has 6 rings (SSSR count). The standard InChI is InChI=1S/C33H31Cl2F3N6O4S2/c34-23-9-12-28(27(35)18-23)44-31(29-13-11-25(49-29)10-6-21-4-7-22(8-5-21)33(36,37)38)26(20-43(50(47)48)42-17-14-24(45)19-42)30(39-44)32(46)40-41-15-2-1-3-16-41/h4-5,7-9,11-13,18,24,45H,1-3,14-17,19-20H2,(H,40,46)(H,47,48)/t24-/m0/s1. The summed E-state index contributed by atoms with van der Waals surface area (Å²) in [5.41, 5.74) is 3.67. The number of hydrogen-bond acceptors (Lipinski definition) is 7. The van der Waals surface area contributed by atoms with Crippen LogP contribution in [0.3, 0.4) is 0 Å². The van der Waals surface area contributed by atoms with Gasteiger partial charge in [-0.15, -0.1) is 15.8 Å². The van der Waals surface area contributed by atoms with Gasteiger partial charge in [0.15, 0.2) is 5.69 Å². The molecule has 17 heteroatoms.